The van der Waals surface area contributed by atoms with Crippen LogP contribution in [-0.4, -0.2) is 15.8 Å². The summed E-state index contributed by atoms with van der Waals surface area (Å²) in [6, 6.07) is 14.2. The number of carbonyl (C=O) groups excluding carboxylic acids is 1. The Balaban J connectivity index is 1.53. The summed E-state index contributed by atoms with van der Waals surface area (Å²) in [7, 11) is 0. The molecule has 0 bridgehead atoms. The zero-order valence-electron chi connectivity index (χ0n) is 15.4. The number of benzene rings is 2. The minimum Gasteiger partial charge on any atom is -0.377 e. The maximum absolute atomic E-state index is 11.9. The normalized spacial score (nSPS) is 14.5. The number of rotatable bonds is 6. The number of pyridine rings is 1. The Hall–Kier alpha value is -3.48. The zero-order valence-corrected chi connectivity index (χ0v) is 15.4. The first-order valence-corrected chi connectivity index (χ1v) is 9.22. The van der Waals surface area contributed by atoms with E-state index in [0.717, 1.165) is 29.8 Å². The molecular formula is C21H20N4O3. The number of nitro benzene ring substituents is 1. The van der Waals surface area contributed by atoms with Crippen LogP contribution in [0, 0.1) is 16.0 Å². The molecule has 1 unspecified atom stereocenters. The molecule has 1 heterocycles. The van der Waals surface area contributed by atoms with Crippen molar-refractivity contribution in [1.29, 1.82) is 0 Å². The fraction of sp³-hybridized carbons (Fsp3) is 0.238. The second-order valence-electron chi connectivity index (χ2n) is 7.04. The molecule has 1 aromatic heterocycles. The Kier molecular flexibility index (Phi) is 4.65. The van der Waals surface area contributed by atoms with Gasteiger partial charge in [-0.25, -0.2) is 0 Å². The number of nitro groups is 1. The molecule has 0 radical (unpaired) electrons. The third-order valence-corrected chi connectivity index (χ3v) is 4.94. The number of anilines is 2. The Labute approximate surface area is 161 Å². The first kappa shape index (κ1) is 17.9. The summed E-state index contributed by atoms with van der Waals surface area (Å²) in [5.74, 6) is 0.255. The van der Waals surface area contributed by atoms with Gasteiger partial charge in [-0.3, -0.25) is 19.9 Å². The van der Waals surface area contributed by atoms with Gasteiger partial charge in [0.15, 0.2) is 0 Å². The lowest BCUT2D eigenvalue weighted by Crippen LogP contribution is -2.13. The molecule has 1 aliphatic carbocycles. The van der Waals surface area contributed by atoms with Crippen LogP contribution in [0.15, 0.2) is 54.7 Å². The summed E-state index contributed by atoms with van der Waals surface area (Å²) >= 11 is 0. The molecule has 1 aliphatic rings. The predicted molar refractivity (Wildman–Crippen MR) is 108 cm³/mol. The molecule has 1 atom stereocenters. The van der Waals surface area contributed by atoms with E-state index in [1.165, 1.54) is 6.07 Å². The smallest absolute Gasteiger partial charge is 0.278 e. The lowest BCUT2D eigenvalue weighted by Gasteiger charge is -2.17. The molecule has 28 heavy (non-hydrogen) atoms. The highest BCUT2D eigenvalue weighted by atomic mass is 16.6. The number of nitrogens with one attached hydrogen (secondary N) is 2. The predicted octanol–water partition coefficient (Wildman–Crippen LogP) is 4.66. The van der Waals surface area contributed by atoms with Gasteiger partial charge in [-0.15, -0.1) is 0 Å². The molecule has 4 rings (SSSR count). The number of amides is 1. The van der Waals surface area contributed by atoms with E-state index >= 15 is 0 Å². The second-order valence-corrected chi connectivity index (χ2v) is 7.04. The maximum Gasteiger partial charge on any atom is 0.278 e. The van der Waals surface area contributed by atoms with E-state index in [9.17, 15) is 14.9 Å². The summed E-state index contributed by atoms with van der Waals surface area (Å²) in [4.78, 5) is 27.0. The van der Waals surface area contributed by atoms with Crippen molar-refractivity contribution in [3.05, 3.63) is 70.4 Å². The minimum atomic E-state index is -0.397. The molecule has 0 spiro atoms. The van der Waals surface area contributed by atoms with E-state index in [4.69, 9.17) is 0 Å². The van der Waals surface area contributed by atoms with Crippen molar-refractivity contribution in [3.8, 4) is 0 Å². The van der Waals surface area contributed by atoms with E-state index < -0.39 is 4.92 Å². The van der Waals surface area contributed by atoms with Gasteiger partial charge in [-0.05, 0) is 55.7 Å². The topological polar surface area (TPSA) is 97.2 Å². The van der Waals surface area contributed by atoms with Crippen LogP contribution < -0.4 is 10.6 Å². The summed E-state index contributed by atoms with van der Waals surface area (Å²) < 4.78 is 0. The van der Waals surface area contributed by atoms with Gasteiger partial charge in [0.2, 0.25) is 5.91 Å². The van der Waals surface area contributed by atoms with E-state index in [1.807, 2.05) is 31.2 Å². The monoisotopic (exact) mass is 376 g/mol. The lowest BCUT2D eigenvalue weighted by atomic mass is 10.1. The first-order chi connectivity index (χ1) is 13.5. The van der Waals surface area contributed by atoms with E-state index in [1.54, 1.807) is 24.4 Å². The van der Waals surface area contributed by atoms with Crippen molar-refractivity contribution in [2.24, 2.45) is 5.92 Å². The van der Waals surface area contributed by atoms with Crippen molar-refractivity contribution in [3.63, 3.8) is 0 Å². The Morgan fingerprint density at radius 3 is 2.61 bits per heavy atom. The minimum absolute atomic E-state index is 0.0389. The standard InChI is InChI=1S/C21H20N4O3/c1-13(14-6-8-16(9-7-14)24-21(26)15-4-5-15)23-18-10-11-19(25(27)28)17-3-2-12-22-20(17)18/h2-3,6-13,15,23H,4-5H2,1H3,(H,24,26). The third kappa shape index (κ3) is 3.64. The van der Waals surface area contributed by atoms with Crippen molar-refractivity contribution < 1.29 is 9.72 Å². The summed E-state index contributed by atoms with van der Waals surface area (Å²) in [5.41, 5.74) is 3.16. The van der Waals surface area contributed by atoms with Gasteiger partial charge in [-0.2, -0.15) is 0 Å². The molecule has 1 saturated carbocycles. The van der Waals surface area contributed by atoms with Crippen molar-refractivity contribution in [2.75, 3.05) is 10.6 Å². The fourth-order valence-corrected chi connectivity index (χ4v) is 3.19. The van der Waals surface area contributed by atoms with Crippen LogP contribution >= 0.6 is 0 Å². The Morgan fingerprint density at radius 1 is 1.18 bits per heavy atom. The van der Waals surface area contributed by atoms with Gasteiger partial charge in [0.25, 0.3) is 5.69 Å². The van der Waals surface area contributed by atoms with Gasteiger partial charge < -0.3 is 10.6 Å². The number of fused-ring (bicyclic) bond motifs is 1. The average Bonchev–Trinajstić information content (AvgIpc) is 3.54. The Bertz CT molecular complexity index is 1050. The highest BCUT2D eigenvalue weighted by Gasteiger charge is 2.29. The quantitative estimate of drug-likeness (QED) is 0.481. The molecule has 2 N–H and O–H groups in total. The van der Waals surface area contributed by atoms with E-state index in [2.05, 4.69) is 15.6 Å². The zero-order chi connectivity index (χ0) is 19.7. The van der Waals surface area contributed by atoms with E-state index in [-0.39, 0.29) is 23.6 Å². The van der Waals surface area contributed by atoms with Crippen molar-refractivity contribution >= 4 is 33.9 Å². The van der Waals surface area contributed by atoms with Gasteiger partial charge in [-0.1, -0.05) is 12.1 Å². The number of aromatic nitrogens is 1. The molecule has 1 fully saturated rings. The second kappa shape index (κ2) is 7.26. The van der Waals surface area contributed by atoms with Crippen LogP contribution in [0.1, 0.15) is 31.4 Å². The molecule has 7 heteroatoms. The molecule has 3 aromatic rings. The van der Waals surface area contributed by atoms with Gasteiger partial charge in [0, 0.05) is 29.9 Å². The SMILES string of the molecule is CC(Nc1ccc([N+](=O)[O-])c2cccnc12)c1ccc(NC(=O)C2CC2)cc1. The van der Waals surface area contributed by atoms with Crippen molar-refractivity contribution in [2.45, 2.75) is 25.8 Å². The molecule has 0 aliphatic heterocycles. The molecule has 2 aromatic carbocycles. The van der Waals surface area contributed by atoms with Gasteiger partial charge >= 0.3 is 0 Å². The van der Waals surface area contributed by atoms with Crippen LogP contribution in [0.25, 0.3) is 10.9 Å². The van der Waals surface area contributed by atoms with Gasteiger partial charge in [0.05, 0.1) is 16.0 Å². The lowest BCUT2D eigenvalue weighted by molar-refractivity contribution is -0.383. The van der Waals surface area contributed by atoms with Gasteiger partial charge in [0.1, 0.15) is 5.52 Å². The molecule has 7 nitrogen and oxygen atoms in total. The number of nitrogens with zero attached hydrogens (tertiary/aromatic N) is 2. The molecule has 1 amide bonds. The van der Waals surface area contributed by atoms with Crippen LogP contribution in [0.5, 0.6) is 0 Å². The van der Waals surface area contributed by atoms with Crippen LogP contribution in [0.2, 0.25) is 0 Å². The molecule has 142 valence electrons. The maximum atomic E-state index is 11.9. The largest absolute Gasteiger partial charge is 0.377 e. The summed E-state index contributed by atoms with van der Waals surface area (Å²) in [6.45, 7) is 2.01. The van der Waals surface area contributed by atoms with Crippen LogP contribution in [0.4, 0.5) is 17.1 Å². The molecule has 0 saturated heterocycles. The van der Waals surface area contributed by atoms with Crippen LogP contribution in [0.3, 0.4) is 0 Å². The molecular weight excluding hydrogens is 356 g/mol. The van der Waals surface area contributed by atoms with Crippen molar-refractivity contribution in [1.82, 2.24) is 4.98 Å². The van der Waals surface area contributed by atoms with Crippen LogP contribution in [-0.2, 0) is 4.79 Å². The highest BCUT2D eigenvalue weighted by molar-refractivity contribution is 5.97. The third-order valence-electron chi connectivity index (χ3n) is 4.94. The number of non-ortho nitro benzene ring substituents is 1. The van der Waals surface area contributed by atoms with E-state index in [0.29, 0.717) is 10.9 Å². The number of hydrogen-bond donors (Lipinski definition) is 2. The highest BCUT2D eigenvalue weighted by Crippen LogP contribution is 2.32. The Morgan fingerprint density at radius 2 is 1.93 bits per heavy atom. The summed E-state index contributed by atoms with van der Waals surface area (Å²) in [5, 5.41) is 18.1. The number of hydrogen-bond acceptors (Lipinski definition) is 5. The summed E-state index contributed by atoms with van der Waals surface area (Å²) in [6.07, 6.45) is 3.57. The fourth-order valence-electron chi connectivity index (χ4n) is 3.19. The average molecular weight is 376 g/mol. The number of carbonyl (C=O) groups is 1. The first-order valence-electron chi connectivity index (χ1n) is 9.22.